The van der Waals surface area contributed by atoms with Crippen molar-refractivity contribution in [3.63, 3.8) is 0 Å². The summed E-state index contributed by atoms with van der Waals surface area (Å²) in [5.41, 5.74) is 0. The summed E-state index contributed by atoms with van der Waals surface area (Å²) in [5.74, 6) is 0. The van der Waals surface area contributed by atoms with Gasteiger partial charge in [-0.15, -0.1) is 0 Å². The third kappa shape index (κ3) is 10.8. The molecule has 0 atom stereocenters. The van der Waals surface area contributed by atoms with Crippen LogP contribution in [0.1, 0.15) is 13.3 Å². The average molecular weight is 264 g/mol. The molecule has 1 radical (unpaired) electrons. The highest BCUT2D eigenvalue weighted by Crippen LogP contribution is 2.15. The molecular weight excluding hydrogens is 236 g/mol. The zero-order valence-corrected chi connectivity index (χ0v) is 14.5. The molecule has 0 aromatic heterocycles. The molecule has 0 aliphatic heterocycles. The Labute approximate surface area is 99.5 Å². The van der Waals surface area contributed by atoms with Crippen molar-refractivity contribution in [3.05, 3.63) is 6.42 Å². The fourth-order valence-corrected chi connectivity index (χ4v) is 9.72. The van der Waals surface area contributed by atoms with Crippen LogP contribution >= 0.6 is 0 Å². The molecule has 0 aromatic rings. The lowest BCUT2D eigenvalue weighted by atomic mass is 10.4. The molecule has 0 saturated heterocycles. The van der Waals surface area contributed by atoms with Gasteiger partial charge >= 0.3 is 9.28 Å². The zero-order valence-electron chi connectivity index (χ0n) is 11.4. The Bertz CT molecular complexity index is 156. The van der Waals surface area contributed by atoms with Gasteiger partial charge in [0.15, 0.2) is 16.6 Å². The van der Waals surface area contributed by atoms with Crippen LogP contribution in [0.2, 0.25) is 45.3 Å². The first kappa shape index (κ1) is 15.6. The smallest absolute Gasteiger partial charge is 0.300 e. The molecule has 5 heteroatoms. The SMILES string of the molecule is C[CH]CC[SiH](O[Si](C)(C)C)O[Si](C)(C)C. The second-order valence-corrected chi connectivity index (χ2v) is 17.6. The Balaban J connectivity index is 4.19. The van der Waals surface area contributed by atoms with Crippen molar-refractivity contribution in [2.45, 2.75) is 58.7 Å². The molecule has 15 heavy (non-hydrogen) atoms. The van der Waals surface area contributed by atoms with Gasteiger partial charge in [-0.25, -0.2) is 0 Å². The van der Waals surface area contributed by atoms with Crippen LogP contribution in [-0.2, 0) is 8.23 Å². The molecular formula is C10H27O2Si3. The van der Waals surface area contributed by atoms with Crippen molar-refractivity contribution < 1.29 is 8.23 Å². The summed E-state index contributed by atoms with van der Waals surface area (Å²) in [6, 6.07) is 1.13. The second-order valence-electron chi connectivity index (χ2n) is 5.88. The van der Waals surface area contributed by atoms with Crippen LogP contribution in [0.5, 0.6) is 0 Å². The zero-order chi connectivity index (χ0) is 12.1. The second kappa shape index (κ2) is 6.34. The fourth-order valence-electron chi connectivity index (χ4n) is 1.23. The Morgan fingerprint density at radius 3 is 1.60 bits per heavy atom. The Morgan fingerprint density at radius 2 is 1.33 bits per heavy atom. The van der Waals surface area contributed by atoms with Gasteiger partial charge in [0.25, 0.3) is 0 Å². The number of hydrogen-bond acceptors (Lipinski definition) is 2. The van der Waals surface area contributed by atoms with Crippen molar-refractivity contribution >= 4 is 25.9 Å². The lowest BCUT2D eigenvalue weighted by molar-refractivity contribution is 0.416. The molecule has 0 unspecified atom stereocenters. The van der Waals surface area contributed by atoms with Crippen LogP contribution in [0.15, 0.2) is 0 Å². The van der Waals surface area contributed by atoms with Crippen molar-refractivity contribution in [2.75, 3.05) is 0 Å². The minimum atomic E-state index is -1.42. The van der Waals surface area contributed by atoms with Crippen LogP contribution in [0, 0.1) is 6.42 Å². The lowest BCUT2D eigenvalue weighted by Crippen LogP contribution is -2.43. The molecule has 0 bridgehead atoms. The van der Waals surface area contributed by atoms with Crippen molar-refractivity contribution in [1.82, 2.24) is 0 Å². The average Bonchev–Trinajstić information content (AvgIpc) is 1.94. The van der Waals surface area contributed by atoms with Crippen LogP contribution < -0.4 is 0 Å². The van der Waals surface area contributed by atoms with Gasteiger partial charge in [0.1, 0.15) is 0 Å². The van der Waals surface area contributed by atoms with Crippen LogP contribution in [0.3, 0.4) is 0 Å². The predicted octanol–water partition coefficient (Wildman–Crippen LogP) is 3.52. The molecule has 0 heterocycles. The van der Waals surface area contributed by atoms with Gasteiger partial charge < -0.3 is 8.23 Å². The summed E-state index contributed by atoms with van der Waals surface area (Å²) < 4.78 is 12.4. The minimum absolute atomic E-state index is 1.13. The number of unbranched alkanes of at least 4 members (excludes halogenated alkanes) is 1. The Hall–Kier alpha value is 0.571. The summed E-state index contributed by atoms with van der Waals surface area (Å²) in [7, 11) is -4.26. The van der Waals surface area contributed by atoms with Gasteiger partial charge in [0.2, 0.25) is 0 Å². The number of hydrogen-bond donors (Lipinski definition) is 0. The molecule has 2 nitrogen and oxygen atoms in total. The van der Waals surface area contributed by atoms with E-state index in [0.29, 0.717) is 0 Å². The first-order valence-electron chi connectivity index (χ1n) is 5.77. The summed E-state index contributed by atoms with van der Waals surface area (Å²) >= 11 is 0. The van der Waals surface area contributed by atoms with Crippen LogP contribution in [-0.4, -0.2) is 25.9 Å². The lowest BCUT2D eigenvalue weighted by Gasteiger charge is -2.30. The van der Waals surface area contributed by atoms with E-state index in [1.54, 1.807) is 0 Å². The van der Waals surface area contributed by atoms with Crippen LogP contribution in [0.25, 0.3) is 0 Å². The van der Waals surface area contributed by atoms with Crippen molar-refractivity contribution in [2.24, 2.45) is 0 Å². The van der Waals surface area contributed by atoms with E-state index >= 15 is 0 Å². The van der Waals surface area contributed by atoms with E-state index in [2.05, 4.69) is 52.6 Å². The molecule has 0 saturated carbocycles. The van der Waals surface area contributed by atoms with E-state index in [1.165, 1.54) is 0 Å². The third-order valence-electron chi connectivity index (χ3n) is 1.66. The molecule has 0 N–H and O–H groups in total. The molecule has 0 rings (SSSR count). The van der Waals surface area contributed by atoms with Crippen LogP contribution in [0.4, 0.5) is 0 Å². The maximum Gasteiger partial charge on any atom is 0.300 e. The molecule has 0 aliphatic rings. The molecule has 0 spiro atoms. The summed E-state index contributed by atoms with van der Waals surface area (Å²) in [5, 5.41) is 0. The minimum Gasteiger partial charge on any atom is -0.439 e. The third-order valence-corrected chi connectivity index (χ3v) is 10.2. The van der Waals surface area contributed by atoms with E-state index < -0.39 is 25.9 Å². The highest BCUT2D eigenvalue weighted by molar-refractivity contribution is 6.81. The van der Waals surface area contributed by atoms with Crippen molar-refractivity contribution in [3.8, 4) is 0 Å². The molecule has 0 amide bonds. The molecule has 0 aromatic carbocycles. The van der Waals surface area contributed by atoms with E-state index in [4.69, 9.17) is 8.23 Å². The number of rotatable bonds is 7. The maximum absolute atomic E-state index is 6.19. The van der Waals surface area contributed by atoms with Gasteiger partial charge in [-0.2, -0.15) is 0 Å². The van der Waals surface area contributed by atoms with Gasteiger partial charge in [0, 0.05) is 0 Å². The predicted molar refractivity (Wildman–Crippen MR) is 75.4 cm³/mol. The highest BCUT2D eigenvalue weighted by Gasteiger charge is 2.27. The molecule has 0 aliphatic carbocycles. The van der Waals surface area contributed by atoms with Gasteiger partial charge in [0.05, 0.1) is 0 Å². The van der Waals surface area contributed by atoms with E-state index in [9.17, 15) is 0 Å². The topological polar surface area (TPSA) is 18.5 Å². The summed E-state index contributed by atoms with van der Waals surface area (Å²) in [4.78, 5) is 0. The summed E-state index contributed by atoms with van der Waals surface area (Å²) in [6.45, 7) is 15.6. The van der Waals surface area contributed by atoms with Gasteiger partial charge in [-0.1, -0.05) is 6.92 Å². The van der Waals surface area contributed by atoms with E-state index in [0.717, 1.165) is 12.5 Å². The molecule has 91 valence electrons. The van der Waals surface area contributed by atoms with E-state index in [-0.39, 0.29) is 0 Å². The van der Waals surface area contributed by atoms with Gasteiger partial charge in [-0.3, -0.25) is 0 Å². The summed E-state index contributed by atoms with van der Waals surface area (Å²) in [6.07, 6.45) is 3.34. The highest BCUT2D eigenvalue weighted by atomic mass is 28.4. The standard InChI is InChI=1S/C10H27O2Si3/c1-8-9-10-13(11-14(2,3)4)12-15(5,6)7/h8,13H,9-10H2,1-7H3. The Morgan fingerprint density at radius 1 is 0.933 bits per heavy atom. The van der Waals surface area contributed by atoms with Crippen molar-refractivity contribution in [1.29, 1.82) is 0 Å². The largest absolute Gasteiger partial charge is 0.439 e. The van der Waals surface area contributed by atoms with Gasteiger partial charge in [-0.05, 0) is 58.2 Å². The maximum atomic E-state index is 6.19. The fraction of sp³-hybridized carbons (Fsp3) is 0.900. The monoisotopic (exact) mass is 263 g/mol. The molecule has 0 fully saturated rings. The Kier molecular flexibility index (Phi) is 6.58. The first-order valence-corrected chi connectivity index (χ1v) is 14.3. The first-order chi connectivity index (χ1) is 6.64. The normalized spacial score (nSPS) is 13.6. The quantitative estimate of drug-likeness (QED) is 0.654. The van der Waals surface area contributed by atoms with E-state index in [1.807, 2.05) is 0 Å².